The van der Waals surface area contributed by atoms with Crippen LogP contribution in [0.3, 0.4) is 0 Å². The number of hydrogen-bond acceptors (Lipinski definition) is 1. The summed E-state index contributed by atoms with van der Waals surface area (Å²) >= 11 is 3.52. The van der Waals surface area contributed by atoms with Gasteiger partial charge in [0.15, 0.2) is 0 Å². The van der Waals surface area contributed by atoms with E-state index in [1.165, 1.54) is 49.2 Å². The monoisotopic (exact) mass is 295 g/mol. The lowest BCUT2D eigenvalue weighted by molar-refractivity contribution is 0.404. The Balaban J connectivity index is 2.16. The highest BCUT2D eigenvalue weighted by atomic mass is 79.9. The molecular formula is C15H22BrN. The van der Waals surface area contributed by atoms with Gasteiger partial charge in [-0.3, -0.25) is 0 Å². The largest absolute Gasteiger partial charge is 0.371 e. The molecule has 0 radical (unpaired) electrons. The van der Waals surface area contributed by atoms with Crippen molar-refractivity contribution in [1.29, 1.82) is 0 Å². The predicted octanol–water partition coefficient (Wildman–Crippen LogP) is 4.52. The molecule has 2 heteroatoms. The Kier molecular flexibility index (Phi) is 4.49. The third kappa shape index (κ3) is 3.04. The number of nitrogens with zero attached hydrogens (tertiary/aromatic N) is 1. The Morgan fingerprint density at radius 2 is 2.24 bits per heavy atom. The first-order valence-electron chi connectivity index (χ1n) is 6.65. The van der Waals surface area contributed by atoms with Crippen molar-refractivity contribution in [2.45, 2.75) is 38.4 Å². The average molecular weight is 296 g/mol. The molecule has 1 heterocycles. The van der Waals surface area contributed by atoms with Crippen LogP contribution in [-0.4, -0.2) is 13.1 Å². The van der Waals surface area contributed by atoms with Crippen LogP contribution in [0, 0.1) is 12.8 Å². The number of anilines is 1. The summed E-state index contributed by atoms with van der Waals surface area (Å²) in [7, 11) is 0. The molecule has 1 unspecified atom stereocenters. The second kappa shape index (κ2) is 5.90. The summed E-state index contributed by atoms with van der Waals surface area (Å²) in [6, 6.07) is 6.84. The zero-order valence-electron chi connectivity index (χ0n) is 10.9. The van der Waals surface area contributed by atoms with Crippen molar-refractivity contribution < 1.29 is 0 Å². The SMILES string of the molecule is CCC1CCCN(c2ccc(CBr)cc2C)C1. The van der Waals surface area contributed by atoms with Gasteiger partial charge in [-0.1, -0.05) is 41.4 Å². The molecule has 94 valence electrons. The Hall–Kier alpha value is -0.500. The first-order chi connectivity index (χ1) is 8.24. The molecular weight excluding hydrogens is 274 g/mol. The summed E-state index contributed by atoms with van der Waals surface area (Å²) in [4.78, 5) is 2.57. The van der Waals surface area contributed by atoms with Gasteiger partial charge in [0.25, 0.3) is 0 Å². The van der Waals surface area contributed by atoms with E-state index in [0.29, 0.717) is 0 Å². The van der Waals surface area contributed by atoms with E-state index in [2.05, 4.69) is 52.9 Å². The molecule has 2 rings (SSSR count). The number of aryl methyl sites for hydroxylation is 1. The number of rotatable bonds is 3. The molecule has 1 nitrogen and oxygen atoms in total. The predicted molar refractivity (Wildman–Crippen MR) is 79.0 cm³/mol. The van der Waals surface area contributed by atoms with Crippen molar-refractivity contribution >= 4 is 21.6 Å². The molecule has 0 spiro atoms. The minimum atomic E-state index is 0.888. The third-order valence-electron chi connectivity index (χ3n) is 3.85. The van der Waals surface area contributed by atoms with Gasteiger partial charge in [0.05, 0.1) is 0 Å². The highest BCUT2D eigenvalue weighted by Crippen LogP contribution is 2.28. The summed E-state index contributed by atoms with van der Waals surface area (Å²) in [6.07, 6.45) is 4.07. The number of alkyl halides is 1. The zero-order chi connectivity index (χ0) is 12.3. The Labute approximate surface area is 113 Å². The molecule has 1 aromatic carbocycles. The van der Waals surface area contributed by atoms with Crippen LogP contribution >= 0.6 is 15.9 Å². The number of piperidine rings is 1. The van der Waals surface area contributed by atoms with Gasteiger partial charge >= 0.3 is 0 Å². The van der Waals surface area contributed by atoms with Crippen LogP contribution in [0.1, 0.15) is 37.3 Å². The Morgan fingerprint density at radius 3 is 2.88 bits per heavy atom. The second-order valence-electron chi connectivity index (χ2n) is 5.12. The summed E-state index contributed by atoms with van der Waals surface area (Å²) in [6.45, 7) is 7.02. The van der Waals surface area contributed by atoms with Crippen molar-refractivity contribution in [3.05, 3.63) is 29.3 Å². The van der Waals surface area contributed by atoms with E-state index in [9.17, 15) is 0 Å². The van der Waals surface area contributed by atoms with E-state index >= 15 is 0 Å². The maximum atomic E-state index is 3.52. The van der Waals surface area contributed by atoms with E-state index in [1.807, 2.05) is 0 Å². The van der Waals surface area contributed by atoms with E-state index in [4.69, 9.17) is 0 Å². The van der Waals surface area contributed by atoms with Crippen LogP contribution < -0.4 is 4.90 Å². The lowest BCUT2D eigenvalue weighted by atomic mass is 9.94. The molecule has 0 saturated carbocycles. The summed E-state index contributed by atoms with van der Waals surface area (Å²) in [5, 5.41) is 0.950. The number of hydrogen-bond donors (Lipinski definition) is 0. The lowest BCUT2D eigenvalue weighted by Crippen LogP contribution is -2.35. The van der Waals surface area contributed by atoms with Gasteiger partial charge in [0.1, 0.15) is 0 Å². The Bertz CT molecular complexity index is 375. The molecule has 0 amide bonds. The second-order valence-corrected chi connectivity index (χ2v) is 5.68. The van der Waals surface area contributed by atoms with Gasteiger partial charge in [-0.05, 0) is 42.9 Å². The van der Waals surface area contributed by atoms with Crippen LogP contribution in [0.2, 0.25) is 0 Å². The number of benzene rings is 1. The Morgan fingerprint density at radius 1 is 1.41 bits per heavy atom. The molecule has 1 aromatic rings. The number of halogens is 1. The molecule has 1 fully saturated rings. The van der Waals surface area contributed by atoms with Crippen molar-refractivity contribution in [2.75, 3.05) is 18.0 Å². The fourth-order valence-electron chi connectivity index (χ4n) is 2.77. The van der Waals surface area contributed by atoms with Gasteiger partial charge in [-0.25, -0.2) is 0 Å². The molecule has 1 atom stereocenters. The fourth-order valence-corrected chi connectivity index (χ4v) is 3.12. The maximum Gasteiger partial charge on any atom is 0.0396 e. The van der Waals surface area contributed by atoms with Gasteiger partial charge in [-0.15, -0.1) is 0 Å². The molecule has 0 aromatic heterocycles. The van der Waals surface area contributed by atoms with Crippen LogP contribution in [0.5, 0.6) is 0 Å². The highest BCUT2D eigenvalue weighted by molar-refractivity contribution is 9.08. The quantitative estimate of drug-likeness (QED) is 0.741. The summed E-state index contributed by atoms with van der Waals surface area (Å²) in [5.41, 5.74) is 4.22. The van der Waals surface area contributed by atoms with Gasteiger partial charge < -0.3 is 4.90 Å². The third-order valence-corrected chi connectivity index (χ3v) is 4.50. The smallest absolute Gasteiger partial charge is 0.0396 e. The first-order valence-corrected chi connectivity index (χ1v) is 7.77. The van der Waals surface area contributed by atoms with Gasteiger partial charge in [0.2, 0.25) is 0 Å². The van der Waals surface area contributed by atoms with Crippen molar-refractivity contribution in [3.63, 3.8) is 0 Å². The van der Waals surface area contributed by atoms with Crippen LogP contribution in [0.25, 0.3) is 0 Å². The molecule has 1 aliphatic rings. The first kappa shape index (κ1) is 12.9. The molecule has 1 aliphatic heterocycles. The van der Waals surface area contributed by atoms with Gasteiger partial charge in [0, 0.05) is 24.1 Å². The fraction of sp³-hybridized carbons (Fsp3) is 0.600. The molecule has 1 saturated heterocycles. The summed E-state index contributed by atoms with van der Waals surface area (Å²) in [5.74, 6) is 0.888. The topological polar surface area (TPSA) is 3.24 Å². The maximum absolute atomic E-state index is 3.52. The summed E-state index contributed by atoms with van der Waals surface area (Å²) < 4.78 is 0. The molecule has 0 N–H and O–H groups in total. The van der Waals surface area contributed by atoms with E-state index in [-0.39, 0.29) is 0 Å². The normalized spacial score (nSPS) is 20.6. The average Bonchev–Trinajstić information content (AvgIpc) is 2.38. The zero-order valence-corrected chi connectivity index (χ0v) is 12.5. The van der Waals surface area contributed by atoms with E-state index in [1.54, 1.807) is 0 Å². The van der Waals surface area contributed by atoms with Crippen molar-refractivity contribution in [2.24, 2.45) is 5.92 Å². The highest BCUT2D eigenvalue weighted by Gasteiger charge is 2.19. The van der Waals surface area contributed by atoms with E-state index in [0.717, 1.165) is 11.2 Å². The lowest BCUT2D eigenvalue weighted by Gasteiger charge is -2.35. The van der Waals surface area contributed by atoms with Crippen LogP contribution in [-0.2, 0) is 5.33 Å². The molecule has 0 aliphatic carbocycles. The minimum absolute atomic E-state index is 0.888. The van der Waals surface area contributed by atoms with Crippen LogP contribution in [0.4, 0.5) is 5.69 Å². The van der Waals surface area contributed by atoms with Crippen molar-refractivity contribution in [3.8, 4) is 0 Å². The minimum Gasteiger partial charge on any atom is -0.371 e. The van der Waals surface area contributed by atoms with Gasteiger partial charge in [-0.2, -0.15) is 0 Å². The molecule has 17 heavy (non-hydrogen) atoms. The van der Waals surface area contributed by atoms with E-state index < -0.39 is 0 Å². The van der Waals surface area contributed by atoms with Crippen LogP contribution in [0.15, 0.2) is 18.2 Å². The molecule has 0 bridgehead atoms. The standard InChI is InChI=1S/C15H22BrN/c1-3-13-5-4-8-17(11-13)15-7-6-14(10-16)9-12(15)2/h6-7,9,13H,3-5,8,10-11H2,1-2H3. The van der Waals surface area contributed by atoms with Crippen molar-refractivity contribution in [1.82, 2.24) is 0 Å².